The first kappa shape index (κ1) is 27.2. The fourth-order valence-electron chi connectivity index (χ4n) is 4.47. The zero-order valence-electron chi connectivity index (χ0n) is 21.0. The number of amides is 3. The van der Waals surface area contributed by atoms with Crippen molar-refractivity contribution in [3.8, 4) is 0 Å². The Morgan fingerprint density at radius 1 is 1.21 bits per heavy atom. The average Bonchev–Trinajstić information content (AvgIpc) is 3.56. The topological polar surface area (TPSA) is 141 Å². The van der Waals surface area contributed by atoms with Crippen molar-refractivity contribution in [3.05, 3.63) is 81.6 Å². The molecule has 1 aliphatic rings. The third kappa shape index (κ3) is 6.17. The molecule has 1 fully saturated rings. The SMILES string of the molecule is Cc1ccccc1CCN(C(=O)c1snc(C(N)=O)c1N)[C@H](C(=O)NC[C@H]1CCCO1)c1ccc(F)cc1. The van der Waals surface area contributed by atoms with Crippen molar-refractivity contribution in [1.29, 1.82) is 0 Å². The van der Waals surface area contributed by atoms with Gasteiger partial charge in [-0.3, -0.25) is 14.4 Å². The molecule has 0 spiro atoms. The van der Waals surface area contributed by atoms with E-state index < -0.39 is 29.6 Å². The molecule has 5 N–H and O–H groups in total. The molecule has 2 atom stereocenters. The van der Waals surface area contributed by atoms with E-state index in [1.54, 1.807) is 0 Å². The number of nitrogens with zero attached hydrogens (tertiary/aromatic N) is 2. The minimum absolute atomic E-state index is 0.00243. The van der Waals surface area contributed by atoms with Crippen LogP contribution in [0.5, 0.6) is 0 Å². The van der Waals surface area contributed by atoms with Crippen molar-refractivity contribution in [1.82, 2.24) is 14.6 Å². The molecular weight excluding hydrogens is 509 g/mol. The Morgan fingerprint density at radius 2 is 1.95 bits per heavy atom. The number of hydrogen-bond donors (Lipinski definition) is 3. The molecule has 1 aromatic heterocycles. The van der Waals surface area contributed by atoms with Gasteiger partial charge in [-0.25, -0.2) is 4.39 Å². The summed E-state index contributed by atoms with van der Waals surface area (Å²) in [5.74, 6) is -2.34. The van der Waals surface area contributed by atoms with E-state index in [2.05, 4.69) is 9.69 Å². The summed E-state index contributed by atoms with van der Waals surface area (Å²) in [4.78, 5) is 40.7. The zero-order valence-corrected chi connectivity index (χ0v) is 21.8. The fraction of sp³-hybridized carbons (Fsp3) is 0.333. The van der Waals surface area contributed by atoms with Gasteiger partial charge in [0.15, 0.2) is 5.69 Å². The molecule has 38 heavy (non-hydrogen) atoms. The maximum atomic E-state index is 13.9. The van der Waals surface area contributed by atoms with E-state index in [4.69, 9.17) is 16.2 Å². The number of hydrogen-bond acceptors (Lipinski definition) is 7. The molecule has 0 radical (unpaired) electrons. The maximum Gasteiger partial charge on any atom is 0.270 e. The van der Waals surface area contributed by atoms with Crippen molar-refractivity contribution >= 4 is 34.9 Å². The second kappa shape index (κ2) is 12.1. The number of ether oxygens (including phenoxy) is 1. The molecule has 2 aromatic carbocycles. The molecular formula is C27H30FN5O4S. The summed E-state index contributed by atoms with van der Waals surface area (Å²) in [6, 6.07) is 12.1. The quantitative estimate of drug-likeness (QED) is 0.362. The van der Waals surface area contributed by atoms with Crippen LogP contribution in [0.15, 0.2) is 48.5 Å². The van der Waals surface area contributed by atoms with Crippen molar-refractivity contribution in [2.45, 2.75) is 38.3 Å². The molecule has 9 nitrogen and oxygen atoms in total. The Bertz CT molecular complexity index is 1310. The molecule has 4 rings (SSSR count). The van der Waals surface area contributed by atoms with Crippen LogP contribution in [0.3, 0.4) is 0 Å². The number of nitrogens with two attached hydrogens (primary N) is 2. The molecule has 0 unspecified atom stereocenters. The number of aryl methyl sites for hydroxylation is 1. The number of benzene rings is 2. The van der Waals surface area contributed by atoms with E-state index in [-0.39, 0.29) is 35.5 Å². The van der Waals surface area contributed by atoms with Gasteiger partial charge in [-0.15, -0.1) is 0 Å². The lowest BCUT2D eigenvalue weighted by molar-refractivity contribution is -0.126. The molecule has 200 valence electrons. The standard InChI is InChI=1S/C27H30FN5O4S/c1-16-5-2-3-6-17(16)12-13-33(27(36)24-21(29)22(25(30)34)32-38-24)23(18-8-10-19(28)11-9-18)26(35)31-15-20-7-4-14-37-20/h2-3,5-6,8-11,20,23H,4,7,12-15,29H2,1H3,(H2,30,34)(H,31,35)/t20-,23+/m1/s1. The highest BCUT2D eigenvalue weighted by Crippen LogP contribution is 2.29. The number of nitrogen functional groups attached to an aromatic ring is 1. The smallest absolute Gasteiger partial charge is 0.270 e. The van der Waals surface area contributed by atoms with Crippen LogP contribution in [0.1, 0.15) is 55.7 Å². The van der Waals surface area contributed by atoms with Gasteiger partial charge in [0, 0.05) is 19.7 Å². The first-order valence-electron chi connectivity index (χ1n) is 12.3. The van der Waals surface area contributed by atoms with Crippen LogP contribution in [-0.4, -0.2) is 52.8 Å². The predicted molar refractivity (Wildman–Crippen MR) is 142 cm³/mol. The Balaban J connectivity index is 1.72. The van der Waals surface area contributed by atoms with E-state index >= 15 is 0 Å². The number of aromatic nitrogens is 1. The van der Waals surface area contributed by atoms with Crippen molar-refractivity contribution in [2.24, 2.45) is 5.73 Å². The summed E-state index contributed by atoms with van der Waals surface area (Å²) in [5.41, 5.74) is 13.6. The lowest BCUT2D eigenvalue weighted by Crippen LogP contribution is -2.46. The van der Waals surface area contributed by atoms with Gasteiger partial charge < -0.3 is 26.4 Å². The Hall–Kier alpha value is -3.83. The van der Waals surface area contributed by atoms with Gasteiger partial charge in [0.05, 0.1) is 11.8 Å². The average molecular weight is 540 g/mol. The number of carbonyl (C=O) groups excluding carboxylic acids is 3. The van der Waals surface area contributed by atoms with Gasteiger partial charge in [-0.1, -0.05) is 36.4 Å². The summed E-state index contributed by atoms with van der Waals surface area (Å²) in [5, 5.41) is 2.90. The number of anilines is 1. The highest BCUT2D eigenvalue weighted by molar-refractivity contribution is 7.09. The van der Waals surface area contributed by atoms with Gasteiger partial charge >= 0.3 is 0 Å². The number of halogens is 1. The number of carbonyl (C=O) groups is 3. The van der Waals surface area contributed by atoms with Crippen LogP contribution >= 0.6 is 11.5 Å². The summed E-state index contributed by atoms with van der Waals surface area (Å²) >= 11 is 0.748. The zero-order chi connectivity index (χ0) is 27.2. The van der Waals surface area contributed by atoms with Crippen molar-refractivity contribution in [3.63, 3.8) is 0 Å². The molecule has 1 aliphatic heterocycles. The highest BCUT2D eigenvalue weighted by atomic mass is 32.1. The predicted octanol–water partition coefficient (Wildman–Crippen LogP) is 2.99. The van der Waals surface area contributed by atoms with Crippen LogP contribution in [-0.2, 0) is 16.0 Å². The third-order valence-corrected chi connectivity index (χ3v) is 7.42. The lowest BCUT2D eigenvalue weighted by Gasteiger charge is -2.32. The second-order valence-corrected chi connectivity index (χ2v) is 9.92. The molecule has 0 saturated carbocycles. The molecule has 2 heterocycles. The normalized spacial score (nSPS) is 15.7. The van der Waals surface area contributed by atoms with Gasteiger partial charge in [-0.2, -0.15) is 4.37 Å². The third-order valence-electron chi connectivity index (χ3n) is 6.57. The molecule has 0 aliphatic carbocycles. The Morgan fingerprint density at radius 3 is 2.58 bits per heavy atom. The number of nitrogens with one attached hydrogen (secondary N) is 1. The van der Waals surface area contributed by atoms with Gasteiger partial charge in [0.2, 0.25) is 5.91 Å². The van der Waals surface area contributed by atoms with Crippen LogP contribution in [0, 0.1) is 12.7 Å². The second-order valence-electron chi connectivity index (χ2n) is 9.15. The first-order valence-corrected chi connectivity index (χ1v) is 13.1. The van der Waals surface area contributed by atoms with Gasteiger partial charge in [0.25, 0.3) is 11.8 Å². The maximum absolute atomic E-state index is 13.9. The minimum atomic E-state index is -1.10. The monoisotopic (exact) mass is 539 g/mol. The summed E-state index contributed by atoms with van der Waals surface area (Å²) in [6.07, 6.45) is 2.07. The largest absolute Gasteiger partial charge is 0.395 e. The molecule has 3 aromatic rings. The summed E-state index contributed by atoms with van der Waals surface area (Å²) in [7, 11) is 0. The number of rotatable bonds is 10. The minimum Gasteiger partial charge on any atom is -0.395 e. The van der Waals surface area contributed by atoms with E-state index in [9.17, 15) is 18.8 Å². The van der Waals surface area contributed by atoms with Crippen molar-refractivity contribution in [2.75, 3.05) is 25.4 Å². The molecule has 3 amide bonds. The Kier molecular flexibility index (Phi) is 8.70. The summed E-state index contributed by atoms with van der Waals surface area (Å²) < 4.78 is 23.4. The Labute approximate surface area is 224 Å². The van der Waals surface area contributed by atoms with Crippen LogP contribution in [0.25, 0.3) is 0 Å². The summed E-state index contributed by atoms with van der Waals surface area (Å²) in [6.45, 7) is 3.02. The van der Waals surface area contributed by atoms with E-state index in [0.717, 1.165) is 35.5 Å². The van der Waals surface area contributed by atoms with Gasteiger partial charge in [0.1, 0.15) is 16.7 Å². The van der Waals surface area contributed by atoms with Gasteiger partial charge in [-0.05, 0) is 66.5 Å². The van der Waals surface area contributed by atoms with Crippen LogP contribution in [0.2, 0.25) is 0 Å². The van der Waals surface area contributed by atoms with E-state index in [1.165, 1.54) is 29.2 Å². The van der Waals surface area contributed by atoms with E-state index in [1.807, 2.05) is 31.2 Å². The highest BCUT2D eigenvalue weighted by Gasteiger charge is 2.35. The molecule has 1 saturated heterocycles. The van der Waals surface area contributed by atoms with Crippen molar-refractivity contribution < 1.29 is 23.5 Å². The first-order chi connectivity index (χ1) is 18.3. The molecule has 0 bridgehead atoms. The number of primary amides is 1. The van der Waals surface area contributed by atoms with Crippen LogP contribution in [0.4, 0.5) is 10.1 Å². The van der Waals surface area contributed by atoms with Crippen LogP contribution < -0.4 is 16.8 Å². The lowest BCUT2D eigenvalue weighted by atomic mass is 10.0. The molecule has 11 heteroatoms. The van der Waals surface area contributed by atoms with E-state index in [0.29, 0.717) is 18.6 Å². The fourth-order valence-corrected chi connectivity index (χ4v) is 5.23.